The van der Waals surface area contributed by atoms with E-state index in [9.17, 15) is 0 Å². The van der Waals surface area contributed by atoms with Gasteiger partial charge in [0.15, 0.2) is 5.22 Å². The maximum atomic E-state index is 5.92. The standard InChI is InChI=1S/C10H9BrClNO2/c1-13-8(6-2-4-15-10(6)12)9-7(11)3-5-14-9/h2-5,8,13H,1H3. The molecule has 15 heavy (non-hydrogen) atoms. The van der Waals surface area contributed by atoms with Crippen LogP contribution in [-0.4, -0.2) is 7.05 Å². The monoisotopic (exact) mass is 289 g/mol. The molecule has 2 rings (SSSR count). The zero-order valence-corrected chi connectivity index (χ0v) is 10.3. The minimum atomic E-state index is -0.111. The summed E-state index contributed by atoms with van der Waals surface area (Å²) in [6.07, 6.45) is 3.18. The highest BCUT2D eigenvalue weighted by Crippen LogP contribution is 2.33. The smallest absolute Gasteiger partial charge is 0.198 e. The third-order valence-corrected chi connectivity index (χ3v) is 3.12. The number of nitrogens with one attached hydrogen (secondary N) is 1. The number of hydrogen-bond acceptors (Lipinski definition) is 3. The van der Waals surface area contributed by atoms with Crippen LogP contribution in [0.5, 0.6) is 0 Å². The quantitative estimate of drug-likeness (QED) is 0.938. The van der Waals surface area contributed by atoms with Crippen LogP contribution in [0.25, 0.3) is 0 Å². The third kappa shape index (κ3) is 1.97. The molecule has 2 heterocycles. The predicted octanol–water partition coefficient (Wildman–Crippen LogP) is 3.60. The van der Waals surface area contributed by atoms with Gasteiger partial charge in [0.2, 0.25) is 0 Å². The fourth-order valence-corrected chi connectivity index (χ4v) is 2.10. The number of furan rings is 2. The molecule has 2 aromatic rings. The Morgan fingerprint density at radius 1 is 1.33 bits per heavy atom. The summed E-state index contributed by atoms with van der Waals surface area (Å²) in [5.74, 6) is 0.779. The van der Waals surface area contributed by atoms with Crippen LogP contribution < -0.4 is 5.32 Å². The molecule has 1 atom stereocenters. The molecule has 1 unspecified atom stereocenters. The van der Waals surface area contributed by atoms with Crippen LogP contribution in [0.1, 0.15) is 17.4 Å². The molecule has 0 radical (unpaired) electrons. The summed E-state index contributed by atoms with van der Waals surface area (Å²) in [6.45, 7) is 0. The van der Waals surface area contributed by atoms with Crippen LogP contribution >= 0.6 is 27.5 Å². The van der Waals surface area contributed by atoms with E-state index in [1.807, 2.05) is 19.2 Å². The molecule has 1 N–H and O–H groups in total. The Kier molecular flexibility index (Phi) is 3.19. The lowest BCUT2D eigenvalue weighted by atomic mass is 10.1. The highest BCUT2D eigenvalue weighted by Gasteiger charge is 2.22. The van der Waals surface area contributed by atoms with Crippen molar-refractivity contribution in [3.05, 3.63) is 45.7 Å². The van der Waals surface area contributed by atoms with Gasteiger partial charge in [0.05, 0.1) is 23.0 Å². The maximum absolute atomic E-state index is 5.92. The lowest BCUT2D eigenvalue weighted by Crippen LogP contribution is -2.17. The fourth-order valence-electron chi connectivity index (χ4n) is 1.45. The van der Waals surface area contributed by atoms with Gasteiger partial charge in [0.25, 0.3) is 0 Å². The van der Waals surface area contributed by atoms with Gasteiger partial charge in [-0.3, -0.25) is 0 Å². The molecule has 0 aliphatic carbocycles. The molecule has 0 saturated carbocycles. The molecule has 0 spiro atoms. The van der Waals surface area contributed by atoms with E-state index in [4.69, 9.17) is 20.4 Å². The van der Waals surface area contributed by atoms with Crippen molar-refractivity contribution in [3.63, 3.8) is 0 Å². The maximum Gasteiger partial charge on any atom is 0.198 e. The average Bonchev–Trinajstić information content (AvgIpc) is 2.80. The van der Waals surface area contributed by atoms with Gasteiger partial charge in [-0.25, -0.2) is 0 Å². The Balaban J connectivity index is 2.41. The first-order valence-electron chi connectivity index (χ1n) is 4.37. The molecule has 5 heteroatoms. The van der Waals surface area contributed by atoms with Crippen LogP contribution in [0, 0.1) is 0 Å². The average molecular weight is 291 g/mol. The van der Waals surface area contributed by atoms with E-state index in [1.165, 1.54) is 0 Å². The minimum Gasteiger partial charge on any atom is -0.466 e. The second-order valence-electron chi connectivity index (χ2n) is 3.00. The normalized spacial score (nSPS) is 13.0. The Morgan fingerprint density at radius 3 is 2.53 bits per heavy atom. The molecule has 0 bridgehead atoms. The summed E-state index contributed by atoms with van der Waals surface area (Å²) in [5, 5.41) is 3.49. The fraction of sp³-hybridized carbons (Fsp3) is 0.200. The van der Waals surface area contributed by atoms with Crippen LogP contribution in [-0.2, 0) is 0 Å². The minimum absolute atomic E-state index is 0.111. The number of rotatable bonds is 3. The molecule has 0 amide bonds. The lowest BCUT2D eigenvalue weighted by molar-refractivity contribution is 0.457. The van der Waals surface area contributed by atoms with Crippen molar-refractivity contribution in [2.45, 2.75) is 6.04 Å². The zero-order valence-electron chi connectivity index (χ0n) is 7.96. The Hall–Kier alpha value is -0.710. The van der Waals surface area contributed by atoms with Gasteiger partial charge in [-0.15, -0.1) is 0 Å². The van der Waals surface area contributed by atoms with Crippen molar-refractivity contribution >= 4 is 27.5 Å². The SMILES string of the molecule is CNC(c1ccoc1Cl)c1occc1Br. The van der Waals surface area contributed by atoms with E-state index in [2.05, 4.69) is 21.2 Å². The second kappa shape index (κ2) is 4.43. The molecular weight excluding hydrogens is 281 g/mol. The third-order valence-electron chi connectivity index (χ3n) is 2.15. The van der Waals surface area contributed by atoms with E-state index >= 15 is 0 Å². The summed E-state index contributed by atoms with van der Waals surface area (Å²) >= 11 is 9.33. The lowest BCUT2D eigenvalue weighted by Gasteiger charge is -2.12. The molecule has 2 aromatic heterocycles. The first-order chi connectivity index (χ1) is 7.24. The topological polar surface area (TPSA) is 38.3 Å². The van der Waals surface area contributed by atoms with Gasteiger partial charge in [-0.1, -0.05) is 0 Å². The summed E-state index contributed by atoms with van der Waals surface area (Å²) in [5.41, 5.74) is 0.856. The molecule has 0 aliphatic rings. The van der Waals surface area contributed by atoms with Gasteiger partial charge < -0.3 is 14.2 Å². The van der Waals surface area contributed by atoms with Crippen LogP contribution in [0.4, 0.5) is 0 Å². The van der Waals surface area contributed by atoms with Crippen molar-refractivity contribution in [1.82, 2.24) is 5.32 Å². The zero-order chi connectivity index (χ0) is 10.8. The Bertz CT molecular complexity index is 411. The molecule has 0 saturated heterocycles. The van der Waals surface area contributed by atoms with E-state index in [0.717, 1.165) is 15.8 Å². The van der Waals surface area contributed by atoms with Gasteiger partial charge >= 0.3 is 0 Å². The molecule has 0 fully saturated rings. The molecule has 0 aromatic carbocycles. The first kappa shape index (κ1) is 10.8. The van der Waals surface area contributed by atoms with Gasteiger partial charge in [-0.05, 0) is 46.7 Å². The number of halogens is 2. The summed E-state index contributed by atoms with van der Waals surface area (Å²) in [7, 11) is 1.84. The largest absolute Gasteiger partial charge is 0.466 e. The summed E-state index contributed by atoms with van der Waals surface area (Å²) in [6, 6.07) is 3.55. The van der Waals surface area contributed by atoms with Crippen molar-refractivity contribution < 1.29 is 8.83 Å². The van der Waals surface area contributed by atoms with Gasteiger partial charge in [0, 0.05) is 5.56 Å². The van der Waals surface area contributed by atoms with Crippen LogP contribution in [0.15, 0.2) is 38.0 Å². The van der Waals surface area contributed by atoms with E-state index < -0.39 is 0 Å². The molecule has 80 valence electrons. The molecule has 0 aliphatic heterocycles. The second-order valence-corrected chi connectivity index (χ2v) is 4.20. The van der Waals surface area contributed by atoms with E-state index in [0.29, 0.717) is 5.22 Å². The van der Waals surface area contributed by atoms with Crippen LogP contribution in [0.2, 0.25) is 5.22 Å². The summed E-state index contributed by atoms with van der Waals surface area (Å²) < 4.78 is 11.3. The molecule has 3 nitrogen and oxygen atoms in total. The molecular formula is C10H9BrClNO2. The predicted molar refractivity (Wildman–Crippen MR) is 61.0 cm³/mol. The Morgan fingerprint density at radius 2 is 2.07 bits per heavy atom. The first-order valence-corrected chi connectivity index (χ1v) is 5.54. The van der Waals surface area contributed by atoms with E-state index in [1.54, 1.807) is 12.5 Å². The highest BCUT2D eigenvalue weighted by atomic mass is 79.9. The van der Waals surface area contributed by atoms with Crippen molar-refractivity contribution in [3.8, 4) is 0 Å². The number of hydrogen-bond donors (Lipinski definition) is 1. The van der Waals surface area contributed by atoms with Gasteiger partial charge in [0.1, 0.15) is 5.76 Å². The van der Waals surface area contributed by atoms with Crippen LogP contribution in [0.3, 0.4) is 0 Å². The van der Waals surface area contributed by atoms with E-state index in [-0.39, 0.29) is 6.04 Å². The highest BCUT2D eigenvalue weighted by molar-refractivity contribution is 9.10. The summed E-state index contributed by atoms with van der Waals surface area (Å²) in [4.78, 5) is 0. The van der Waals surface area contributed by atoms with Crippen molar-refractivity contribution in [2.24, 2.45) is 0 Å². The van der Waals surface area contributed by atoms with Crippen molar-refractivity contribution in [1.29, 1.82) is 0 Å². The van der Waals surface area contributed by atoms with Crippen molar-refractivity contribution in [2.75, 3.05) is 7.05 Å². The Labute approximate surface area is 101 Å². The van der Waals surface area contributed by atoms with Gasteiger partial charge in [-0.2, -0.15) is 0 Å².